The summed E-state index contributed by atoms with van der Waals surface area (Å²) in [7, 11) is 0. The van der Waals surface area contributed by atoms with E-state index in [0.29, 0.717) is 23.6 Å². The molecule has 0 radical (unpaired) electrons. The molecule has 3 rings (SSSR count). The first-order chi connectivity index (χ1) is 11.5. The molecule has 2 N–H and O–H groups in total. The van der Waals surface area contributed by atoms with Crippen molar-refractivity contribution in [2.45, 2.75) is 64.6 Å². The van der Waals surface area contributed by atoms with Gasteiger partial charge in [0.2, 0.25) is 11.8 Å². The van der Waals surface area contributed by atoms with Crippen molar-refractivity contribution in [2.24, 2.45) is 5.92 Å². The first-order valence-corrected chi connectivity index (χ1v) is 8.81. The van der Waals surface area contributed by atoms with Crippen molar-refractivity contribution >= 4 is 23.3 Å². The molecular formula is C18H26N4O2. The Morgan fingerprint density at radius 2 is 1.79 bits per heavy atom. The number of anilines is 2. The third-order valence-corrected chi connectivity index (χ3v) is 5.08. The first kappa shape index (κ1) is 16.9. The van der Waals surface area contributed by atoms with Gasteiger partial charge in [-0.2, -0.15) is 0 Å². The fraction of sp³-hybridized carbons (Fsp3) is 0.611. The highest BCUT2D eigenvalue weighted by atomic mass is 16.2. The van der Waals surface area contributed by atoms with E-state index in [2.05, 4.69) is 34.4 Å². The van der Waals surface area contributed by atoms with E-state index < -0.39 is 0 Å². The maximum atomic E-state index is 12.5. The van der Waals surface area contributed by atoms with E-state index >= 15 is 0 Å². The number of aromatic nitrogens is 1. The Balaban J connectivity index is 1.56. The van der Waals surface area contributed by atoms with Gasteiger partial charge in [0, 0.05) is 18.0 Å². The van der Waals surface area contributed by atoms with Crippen molar-refractivity contribution < 1.29 is 9.59 Å². The second-order valence-corrected chi connectivity index (χ2v) is 7.08. The van der Waals surface area contributed by atoms with Crippen molar-refractivity contribution in [3.63, 3.8) is 0 Å². The number of carbonyl (C=O) groups excluding carboxylic acids is 2. The summed E-state index contributed by atoms with van der Waals surface area (Å²) in [6.45, 7) is 6.30. The van der Waals surface area contributed by atoms with E-state index in [-0.39, 0.29) is 23.8 Å². The largest absolute Gasteiger partial charge is 0.323 e. The van der Waals surface area contributed by atoms with Gasteiger partial charge in [-0.3, -0.25) is 14.5 Å². The zero-order valence-electron chi connectivity index (χ0n) is 14.6. The second kappa shape index (κ2) is 6.89. The molecule has 0 unspecified atom stereocenters. The molecule has 1 saturated carbocycles. The van der Waals surface area contributed by atoms with Crippen molar-refractivity contribution in [3.8, 4) is 0 Å². The summed E-state index contributed by atoms with van der Waals surface area (Å²) >= 11 is 0. The van der Waals surface area contributed by atoms with Crippen LogP contribution in [-0.2, 0) is 9.59 Å². The number of rotatable bonds is 5. The topological polar surface area (TPSA) is 74.3 Å². The molecule has 2 aliphatic rings. The van der Waals surface area contributed by atoms with Gasteiger partial charge in [0.1, 0.15) is 5.82 Å². The van der Waals surface area contributed by atoms with Crippen LogP contribution < -0.4 is 10.6 Å². The number of hydrogen-bond donors (Lipinski definition) is 2. The number of carbonyl (C=O) groups is 2. The first-order valence-electron chi connectivity index (χ1n) is 8.81. The molecule has 0 aromatic carbocycles. The lowest BCUT2D eigenvalue weighted by Gasteiger charge is -2.31. The Kier molecular flexibility index (Phi) is 4.85. The molecule has 1 aliphatic heterocycles. The second-order valence-electron chi connectivity index (χ2n) is 7.08. The van der Waals surface area contributed by atoms with Gasteiger partial charge in [-0.1, -0.05) is 0 Å². The summed E-state index contributed by atoms with van der Waals surface area (Å²) in [6, 6.07) is 4.18. The molecule has 0 spiro atoms. The average Bonchev–Trinajstić information content (AvgIpc) is 3.35. The number of hydrogen-bond acceptors (Lipinski definition) is 4. The van der Waals surface area contributed by atoms with E-state index in [4.69, 9.17) is 0 Å². The van der Waals surface area contributed by atoms with Crippen LogP contribution in [0.2, 0.25) is 0 Å². The Bertz CT molecular complexity index is 602. The molecule has 1 aliphatic carbocycles. The smallest absolute Gasteiger partial charge is 0.241 e. The minimum absolute atomic E-state index is 0.0211. The van der Waals surface area contributed by atoms with Crippen LogP contribution in [0.1, 0.15) is 46.5 Å². The molecular weight excluding hydrogens is 304 g/mol. The van der Waals surface area contributed by atoms with Gasteiger partial charge < -0.3 is 10.6 Å². The van der Waals surface area contributed by atoms with Crippen LogP contribution in [0.4, 0.5) is 11.5 Å². The van der Waals surface area contributed by atoms with Crippen LogP contribution in [0.5, 0.6) is 0 Å². The molecule has 2 fully saturated rings. The lowest BCUT2D eigenvalue weighted by molar-refractivity contribution is -0.121. The highest BCUT2D eigenvalue weighted by Crippen LogP contribution is 2.30. The van der Waals surface area contributed by atoms with E-state index in [1.807, 2.05) is 6.92 Å². The molecule has 24 heavy (non-hydrogen) atoms. The monoisotopic (exact) mass is 330 g/mol. The third-order valence-electron chi connectivity index (χ3n) is 5.08. The Morgan fingerprint density at radius 3 is 2.33 bits per heavy atom. The molecule has 1 saturated heterocycles. The number of amides is 2. The predicted octanol–water partition coefficient (Wildman–Crippen LogP) is 2.63. The van der Waals surface area contributed by atoms with Gasteiger partial charge in [-0.25, -0.2) is 4.98 Å². The highest BCUT2D eigenvalue weighted by molar-refractivity contribution is 5.95. The number of nitrogens with zero attached hydrogens (tertiary/aromatic N) is 2. The Labute approximate surface area is 143 Å². The van der Waals surface area contributed by atoms with Gasteiger partial charge in [0.25, 0.3) is 0 Å². The molecule has 0 bridgehead atoms. The van der Waals surface area contributed by atoms with Gasteiger partial charge in [0.05, 0.1) is 17.9 Å². The van der Waals surface area contributed by atoms with Gasteiger partial charge >= 0.3 is 0 Å². The average molecular weight is 330 g/mol. The van der Waals surface area contributed by atoms with E-state index in [1.165, 1.54) is 0 Å². The van der Waals surface area contributed by atoms with Crippen molar-refractivity contribution in [1.82, 2.24) is 9.88 Å². The summed E-state index contributed by atoms with van der Waals surface area (Å²) in [5.74, 6) is 0.688. The molecule has 6 nitrogen and oxygen atoms in total. The van der Waals surface area contributed by atoms with E-state index in [0.717, 1.165) is 25.7 Å². The standard InChI is InChI=1S/C18H26N4O2/c1-11-4-5-12(2)22(11)13(3)17(23)20-15-8-9-16(19-10-15)21-18(24)14-6-7-14/h8-14H,4-7H2,1-3H3,(H,20,23)(H,19,21,24)/t11-,12-,13-/m1/s1. The fourth-order valence-corrected chi connectivity index (χ4v) is 3.48. The number of likely N-dealkylation sites (tertiary alicyclic amines) is 1. The van der Waals surface area contributed by atoms with Crippen LogP contribution >= 0.6 is 0 Å². The van der Waals surface area contributed by atoms with Gasteiger partial charge in [0.15, 0.2) is 0 Å². The van der Waals surface area contributed by atoms with Gasteiger partial charge in [-0.05, 0) is 58.6 Å². The molecule has 130 valence electrons. The van der Waals surface area contributed by atoms with Crippen LogP contribution in [0.3, 0.4) is 0 Å². The number of pyridine rings is 1. The lowest BCUT2D eigenvalue weighted by Crippen LogP contribution is -2.46. The Morgan fingerprint density at radius 1 is 1.12 bits per heavy atom. The van der Waals surface area contributed by atoms with Crippen LogP contribution in [0.25, 0.3) is 0 Å². The zero-order chi connectivity index (χ0) is 17.3. The summed E-state index contributed by atoms with van der Waals surface area (Å²) < 4.78 is 0. The minimum Gasteiger partial charge on any atom is -0.323 e. The summed E-state index contributed by atoms with van der Waals surface area (Å²) in [4.78, 5) is 30.7. The van der Waals surface area contributed by atoms with E-state index in [9.17, 15) is 9.59 Å². The zero-order valence-corrected chi connectivity index (χ0v) is 14.6. The summed E-state index contributed by atoms with van der Waals surface area (Å²) in [6.07, 6.45) is 5.78. The van der Waals surface area contributed by atoms with Crippen molar-refractivity contribution in [2.75, 3.05) is 10.6 Å². The molecule has 3 atom stereocenters. The number of nitrogens with one attached hydrogen (secondary N) is 2. The minimum atomic E-state index is -0.174. The molecule has 2 amide bonds. The van der Waals surface area contributed by atoms with Crippen molar-refractivity contribution in [3.05, 3.63) is 18.3 Å². The van der Waals surface area contributed by atoms with Crippen LogP contribution in [-0.4, -0.2) is 39.8 Å². The van der Waals surface area contributed by atoms with Crippen LogP contribution in [0.15, 0.2) is 18.3 Å². The fourth-order valence-electron chi connectivity index (χ4n) is 3.48. The summed E-state index contributed by atoms with van der Waals surface area (Å²) in [5, 5.41) is 5.71. The van der Waals surface area contributed by atoms with Crippen molar-refractivity contribution in [1.29, 1.82) is 0 Å². The van der Waals surface area contributed by atoms with Crippen LogP contribution in [0, 0.1) is 5.92 Å². The van der Waals surface area contributed by atoms with Gasteiger partial charge in [-0.15, -0.1) is 0 Å². The molecule has 1 aromatic heterocycles. The maximum Gasteiger partial charge on any atom is 0.241 e. The molecule has 1 aromatic rings. The lowest BCUT2D eigenvalue weighted by atomic mass is 10.2. The molecule has 2 heterocycles. The third kappa shape index (κ3) is 3.75. The van der Waals surface area contributed by atoms with E-state index in [1.54, 1.807) is 18.3 Å². The SMILES string of the molecule is C[C@@H]1CC[C@@H](C)N1[C@H](C)C(=O)Nc1ccc(NC(=O)C2CC2)nc1. The normalized spacial score (nSPS) is 25.3. The maximum absolute atomic E-state index is 12.5. The quantitative estimate of drug-likeness (QED) is 0.870. The highest BCUT2D eigenvalue weighted by Gasteiger charge is 2.34. The predicted molar refractivity (Wildman–Crippen MR) is 93.7 cm³/mol. The molecule has 6 heteroatoms. The Hall–Kier alpha value is -1.95. The summed E-state index contributed by atoms with van der Waals surface area (Å²) in [5.41, 5.74) is 0.649.